The van der Waals surface area contributed by atoms with E-state index < -0.39 is 0 Å². The van der Waals surface area contributed by atoms with Crippen molar-refractivity contribution in [2.75, 3.05) is 19.6 Å². The van der Waals surface area contributed by atoms with Gasteiger partial charge in [-0.05, 0) is 25.8 Å². The number of nitrogens with zero attached hydrogens (tertiary/aromatic N) is 1. The summed E-state index contributed by atoms with van der Waals surface area (Å²) in [4.78, 5) is 0. The molecule has 1 atom stereocenters. The minimum atomic E-state index is 0.387. The second kappa shape index (κ2) is 2.51. The monoisotopic (exact) mass is 139 g/mol. The third-order valence-electron chi connectivity index (χ3n) is 2.72. The van der Waals surface area contributed by atoms with Crippen molar-refractivity contribution >= 4 is 0 Å². The Bertz CT molecular complexity index is 108. The van der Waals surface area contributed by atoms with Gasteiger partial charge in [0.2, 0.25) is 0 Å². The molecule has 2 nitrogen and oxygen atoms in total. The van der Waals surface area contributed by atoms with Crippen LogP contribution in [0.5, 0.6) is 0 Å². The molecule has 57 valence electrons. The molecule has 0 aromatic rings. The van der Waals surface area contributed by atoms with Crippen LogP contribution in [-0.4, -0.2) is 25.2 Å². The molecule has 2 fully saturated rings. The van der Waals surface area contributed by atoms with E-state index in [0.29, 0.717) is 5.54 Å². The quantitative estimate of drug-likeness (QED) is 0.520. The van der Waals surface area contributed by atoms with Gasteiger partial charge < -0.3 is 5.32 Å². The third kappa shape index (κ3) is 1.06. The zero-order valence-corrected chi connectivity index (χ0v) is 6.40. The average Bonchev–Trinajstić information content (AvgIpc) is 2.39. The molecule has 0 bridgehead atoms. The first kappa shape index (κ1) is 6.62. The molecule has 2 heterocycles. The van der Waals surface area contributed by atoms with E-state index in [4.69, 9.17) is 5.32 Å². The molecule has 2 heteroatoms. The van der Waals surface area contributed by atoms with Crippen LogP contribution in [0.1, 0.15) is 25.7 Å². The second-order valence-corrected chi connectivity index (χ2v) is 3.49. The Morgan fingerprint density at radius 3 is 2.80 bits per heavy atom. The number of hydrogen-bond acceptors (Lipinski definition) is 1. The second-order valence-electron chi connectivity index (χ2n) is 3.49. The van der Waals surface area contributed by atoms with Gasteiger partial charge in [0.25, 0.3) is 0 Å². The van der Waals surface area contributed by atoms with Gasteiger partial charge in [-0.1, -0.05) is 6.42 Å². The Hall–Kier alpha value is -0.0800. The first-order chi connectivity index (χ1) is 4.91. The largest absolute Gasteiger partial charge is 0.315 e. The van der Waals surface area contributed by atoms with E-state index in [9.17, 15) is 0 Å². The zero-order valence-electron chi connectivity index (χ0n) is 6.40. The van der Waals surface area contributed by atoms with Gasteiger partial charge in [0, 0.05) is 18.6 Å². The van der Waals surface area contributed by atoms with Crippen LogP contribution >= 0.6 is 0 Å². The Morgan fingerprint density at radius 2 is 2.20 bits per heavy atom. The molecule has 0 amide bonds. The molecule has 1 spiro atoms. The summed E-state index contributed by atoms with van der Waals surface area (Å²) in [5, 5.41) is 8.09. The summed E-state index contributed by atoms with van der Waals surface area (Å²) < 4.78 is 0. The van der Waals surface area contributed by atoms with Gasteiger partial charge in [0.15, 0.2) is 0 Å². The van der Waals surface area contributed by atoms with Crippen LogP contribution in [0.2, 0.25) is 0 Å². The lowest BCUT2D eigenvalue weighted by molar-refractivity contribution is 0.270. The number of rotatable bonds is 0. The van der Waals surface area contributed by atoms with Gasteiger partial charge in [-0.15, -0.1) is 0 Å². The van der Waals surface area contributed by atoms with E-state index in [1.54, 1.807) is 0 Å². The fraction of sp³-hybridized carbons (Fsp3) is 1.00. The van der Waals surface area contributed by atoms with Crippen molar-refractivity contribution in [3.8, 4) is 0 Å². The molecular weight excluding hydrogens is 124 g/mol. The molecule has 0 aliphatic carbocycles. The first-order valence-corrected chi connectivity index (χ1v) is 4.31. The smallest absolute Gasteiger partial charge is 0.0493 e. The lowest BCUT2D eigenvalue weighted by Gasteiger charge is -2.31. The molecule has 2 aliphatic rings. The minimum absolute atomic E-state index is 0.387. The minimum Gasteiger partial charge on any atom is -0.315 e. The molecule has 2 saturated heterocycles. The Labute approximate surface area is 62.4 Å². The summed E-state index contributed by atoms with van der Waals surface area (Å²) >= 11 is 0. The molecule has 1 radical (unpaired) electrons. The first-order valence-electron chi connectivity index (χ1n) is 4.31. The SMILES string of the molecule is C1CCC2(CCNC2)[N]C1. The van der Waals surface area contributed by atoms with E-state index in [2.05, 4.69) is 5.32 Å². The fourth-order valence-corrected chi connectivity index (χ4v) is 2.04. The van der Waals surface area contributed by atoms with Crippen LogP contribution in [0.4, 0.5) is 0 Å². The van der Waals surface area contributed by atoms with Crippen LogP contribution in [0.15, 0.2) is 0 Å². The molecule has 0 aromatic carbocycles. The third-order valence-corrected chi connectivity index (χ3v) is 2.72. The number of hydrogen-bond donors (Lipinski definition) is 1. The molecule has 10 heavy (non-hydrogen) atoms. The van der Waals surface area contributed by atoms with Crippen molar-refractivity contribution in [2.45, 2.75) is 31.2 Å². The maximum absolute atomic E-state index is 4.70. The highest BCUT2D eigenvalue weighted by Gasteiger charge is 2.35. The lowest BCUT2D eigenvalue weighted by atomic mass is 9.88. The highest BCUT2D eigenvalue weighted by molar-refractivity contribution is 4.96. The van der Waals surface area contributed by atoms with E-state index in [-0.39, 0.29) is 0 Å². The normalized spacial score (nSPS) is 40.8. The average molecular weight is 139 g/mol. The van der Waals surface area contributed by atoms with Gasteiger partial charge in [0.05, 0.1) is 0 Å². The summed E-state index contributed by atoms with van der Waals surface area (Å²) in [6, 6.07) is 0. The predicted octanol–water partition coefficient (Wildman–Crippen LogP) is 0.507. The summed E-state index contributed by atoms with van der Waals surface area (Å²) in [5.74, 6) is 0. The molecular formula is C8H15N2. The predicted molar refractivity (Wildman–Crippen MR) is 41.1 cm³/mol. The maximum Gasteiger partial charge on any atom is 0.0493 e. The Balaban J connectivity index is 1.98. The molecule has 0 aromatic heterocycles. The Kier molecular flexibility index (Phi) is 1.66. The zero-order chi connectivity index (χ0) is 6.86. The van der Waals surface area contributed by atoms with Crippen molar-refractivity contribution in [3.63, 3.8) is 0 Å². The van der Waals surface area contributed by atoms with E-state index >= 15 is 0 Å². The van der Waals surface area contributed by atoms with Gasteiger partial charge in [0.1, 0.15) is 0 Å². The van der Waals surface area contributed by atoms with Gasteiger partial charge >= 0.3 is 0 Å². The van der Waals surface area contributed by atoms with Crippen molar-refractivity contribution in [3.05, 3.63) is 0 Å². The summed E-state index contributed by atoms with van der Waals surface area (Å²) in [6.07, 6.45) is 5.33. The molecule has 2 rings (SSSR count). The van der Waals surface area contributed by atoms with Crippen LogP contribution in [0.3, 0.4) is 0 Å². The molecule has 2 aliphatic heterocycles. The maximum atomic E-state index is 4.70. The van der Waals surface area contributed by atoms with Crippen LogP contribution < -0.4 is 10.6 Å². The van der Waals surface area contributed by atoms with Crippen molar-refractivity contribution in [1.29, 1.82) is 0 Å². The number of nitrogens with one attached hydrogen (secondary N) is 1. The summed E-state index contributed by atoms with van der Waals surface area (Å²) in [7, 11) is 0. The van der Waals surface area contributed by atoms with Crippen LogP contribution in [-0.2, 0) is 0 Å². The topological polar surface area (TPSA) is 26.1 Å². The van der Waals surface area contributed by atoms with Crippen LogP contribution in [0, 0.1) is 0 Å². The van der Waals surface area contributed by atoms with Gasteiger partial charge in [-0.2, -0.15) is 0 Å². The van der Waals surface area contributed by atoms with Gasteiger partial charge in [-0.3, -0.25) is 0 Å². The standard InChI is InChI=1S/C8H15N2/c1-2-5-10-8(3-1)4-6-9-7-8/h9H,1-7H2. The van der Waals surface area contributed by atoms with Crippen molar-refractivity contribution in [1.82, 2.24) is 10.6 Å². The van der Waals surface area contributed by atoms with E-state index in [1.807, 2.05) is 0 Å². The fourth-order valence-electron chi connectivity index (χ4n) is 2.04. The summed E-state index contributed by atoms with van der Waals surface area (Å²) in [5.41, 5.74) is 0.387. The lowest BCUT2D eigenvalue weighted by Crippen LogP contribution is -2.44. The van der Waals surface area contributed by atoms with Crippen LogP contribution in [0.25, 0.3) is 0 Å². The molecule has 0 saturated carbocycles. The molecule has 1 unspecified atom stereocenters. The Morgan fingerprint density at radius 1 is 1.20 bits per heavy atom. The number of piperidine rings is 1. The van der Waals surface area contributed by atoms with E-state index in [1.165, 1.54) is 32.2 Å². The van der Waals surface area contributed by atoms with Gasteiger partial charge in [-0.25, -0.2) is 5.32 Å². The van der Waals surface area contributed by atoms with Crippen molar-refractivity contribution < 1.29 is 0 Å². The van der Waals surface area contributed by atoms with E-state index in [0.717, 1.165) is 13.1 Å². The highest BCUT2D eigenvalue weighted by atomic mass is 15.1. The summed E-state index contributed by atoms with van der Waals surface area (Å²) in [6.45, 7) is 3.44. The highest BCUT2D eigenvalue weighted by Crippen LogP contribution is 2.26. The molecule has 1 N–H and O–H groups in total. The van der Waals surface area contributed by atoms with Crippen molar-refractivity contribution in [2.24, 2.45) is 0 Å².